The Labute approximate surface area is 197 Å². The Balaban J connectivity index is 1.17. The van der Waals surface area contributed by atoms with Crippen molar-refractivity contribution in [2.24, 2.45) is 0 Å². The molecule has 1 aromatic carbocycles. The van der Waals surface area contributed by atoms with Gasteiger partial charge in [0, 0.05) is 23.6 Å². The summed E-state index contributed by atoms with van der Waals surface area (Å²) in [6, 6.07) is 12.4. The molecule has 0 aliphatic carbocycles. The highest BCUT2D eigenvalue weighted by Gasteiger charge is 2.26. The van der Waals surface area contributed by atoms with Crippen LogP contribution in [0.4, 0.5) is 0 Å². The van der Waals surface area contributed by atoms with Crippen molar-refractivity contribution in [2.45, 2.75) is 38.6 Å². The van der Waals surface area contributed by atoms with Crippen LogP contribution in [0, 0.1) is 0 Å². The number of amides is 1. The van der Waals surface area contributed by atoms with E-state index in [0.29, 0.717) is 37.3 Å². The van der Waals surface area contributed by atoms with Crippen molar-refractivity contribution in [2.75, 3.05) is 26.2 Å². The molecule has 172 valence electrons. The van der Waals surface area contributed by atoms with E-state index in [2.05, 4.69) is 57.5 Å². The molecule has 0 atom stereocenters. The monoisotopic (exact) mass is 463 g/mol. The van der Waals surface area contributed by atoms with Gasteiger partial charge in [-0.05, 0) is 61.3 Å². The van der Waals surface area contributed by atoms with E-state index in [0.717, 1.165) is 37.2 Å². The molecule has 1 fully saturated rings. The van der Waals surface area contributed by atoms with Crippen molar-refractivity contribution >= 4 is 28.1 Å². The highest BCUT2D eigenvalue weighted by Crippen LogP contribution is 2.33. The molecule has 1 amide bonds. The van der Waals surface area contributed by atoms with Gasteiger partial charge >= 0.3 is 0 Å². The molecule has 0 bridgehead atoms. The number of nitrogens with zero attached hydrogens (tertiary/aromatic N) is 4. The topological polar surface area (TPSA) is 78.3 Å². The molecule has 1 aliphatic heterocycles. The SMILES string of the molecule is CCCN(Cc1nnc(-c2cccs2)o1)C(=O)CN1CCC(c2c[nH]c3ccccc23)CC1. The number of thiophene rings is 1. The first kappa shape index (κ1) is 21.9. The number of carbonyl (C=O) groups is 1. The molecule has 1 N–H and O–H groups in total. The number of aromatic nitrogens is 3. The van der Waals surface area contributed by atoms with E-state index in [1.165, 1.54) is 16.5 Å². The molecule has 7 nitrogen and oxygen atoms in total. The highest BCUT2D eigenvalue weighted by atomic mass is 32.1. The Morgan fingerprint density at radius 2 is 2.06 bits per heavy atom. The molecule has 4 heterocycles. The lowest BCUT2D eigenvalue weighted by molar-refractivity contribution is -0.133. The van der Waals surface area contributed by atoms with Crippen molar-refractivity contribution in [3.63, 3.8) is 0 Å². The number of para-hydroxylation sites is 1. The van der Waals surface area contributed by atoms with Gasteiger partial charge in [-0.25, -0.2) is 0 Å². The minimum absolute atomic E-state index is 0.123. The molecular formula is C25H29N5O2S. The summed E-state index contributed by atoms with van der Waals surface area (Å²) in [7, 11) is 0. The Morgan fingerprint density at radius 1 is 1.21 bits per heavy atom. The number of carbonyl (C=O) groups excluding carboxylic acids is 1. The second-order valence-electron chi connectivity index (χ2n) is 8.63. The van der Waals surface area contributed by atoms with Crippen LogP contribution < -0.4 is 0 Å². The van der Waals surface area contributed by atoms with Gasteiger partial charge in [0.1, 0.15) is 0 Å². The van der Waals surface area contributed by atoms with Crippen LogP contribution in [0.2, 0.25) is 0 Å². The summed E-state index contributed by atoms with van der Waals surface area (Å²) in [5.41, 5.74) is 2.60. The van der Waals surface area contributed by atoms with E-state index in [9.17, 15) is 4.79 Å². The summed E-state index contributed by atoms with van der Waals surface area (Å²) >= 11 is 1.56. The van der Waals surface area contributed by atoms with Crippen LogP contribution in [0.3, 0.4) is 0 Å². The molecule has 0 radical (unpaired) electrons. The lowest BCUT2D eigenvalue weighted by Crippen LogP contribution is -2.43. The van der Waals surface area contributed by atoms with Gasteiger partial charge in [0.25, 0.3) is 5.89 Å². The van der Waals surface area contributed by atoms with Gasteiger partial charge < -0.3 is 14.3 Å². The van der Waals surface area contributed by atoms with Crippen molar-refractivity contribution in [1.29, 1.82) is 0 Å². The van der Waals surface area contributed by atoms with Crippen molar-refractivity contribution < 1.29 is 9.21 Å². The minimum Gasteiger partial charge on any atom is -0.418 e. The molecule has 1 saturated heterocycles. The first-order chi connectivity index (χ1) is 16.2. The maximum absolute atomic E-state index is 13.1. The summed E-state index contributed by atoms with van der Waals surface area (Å²) in [4.78, 5) is 21.6. The predicted octanol–water partition coefficient (Wildman–Crippen LogP) is 4.90. The molecular weight excluding hydrogens is 434 g/mol. The summed E-state index contributed by atoms with van der Waals surface area (Å²) in [6.07, 6.45) is 5.18. The maximum atomic E-state index is 13.1. The summed E-state index contributed by atoms with van der Waals surface area (Å²) in [6.45, 7) is 5.42. The van der Waals surface area contributed by atoms with E-state index < -0.39 is 0 Å². The quantitative estimate of drug-likeness (QED) is 0.402. The van der Waals surface area contributed by atoms with Gasteiger partial charge in [-0.2, -0.15) is 0 Å². The number of piperidine rings is 1. The fraction of sp³-hybridized carbons (Fsp3) is 0.400. The molecule has 0 unspecified atom stereocenters. The van der Waals surface area contributed by atoms with Crippen LogP contribution in [0.1, 0.15) is 43.6 Å². The average Bonchev–Trinajstić information content (AvgIpc) is 3.60. The maximum Gasteiger partial charge on any atom is 0.257 e. The van der Waals surface area contributed by atoms with Crippen molar-refractivity contribution in [3.05, 3.63) is 59.4 Å². The molecule has 5 rings (SSSR count). The molecule has 1 aliphatic rings. The zero-order valence-electron chi connectivity index (χ0n) is 18.9. The number of H-pyrrole nitrogens is 1. The summed E-state index contributed by atoms with van der Waals surface area (Å²) in [5.74, 6) is 1.66. The Hall–Kier alpha value is -2.97. The highest BCUT2D eigenvalue weighted by molar-refractivity contribution is 7.13. The van der Waals surface area contributed by atoms with Crippen LogP contribution in [0.15, 0.2) is 52.4 Å². The van der Waals surface area contributed by atoms with Gasteiger partial charge in [0.2, 0.25) is 11.8 Å². The van der Waals surface area contributed by atoms with E-state index in [4.69, 9.17) is 4.42 Å². The van der Waals surface area contributed by atoms with Crippen LogP contribution in [-0.2, 0) is 11.3 Å². The van der Waals surface area contributed by atoms with Crippen molar-refractivity contribution in [1.82, 2.24) is 25.0 Å². The number of aromatic amines is 1. The largest absolute Gasteiger partial charge is 0.418 e. The molecule has 33 heavy (non-hydrogen) atoms. The fourth-order valence-electron chi connectivity index (χ4n) is 4.67. The van der Waals surface area contributed by atoms with E-state index in [1.807, 2.05) is 22.4 Å². The Kier molecular flexibility index (Phi) is 6.55. The van der Waals surface area contributed by atoms with Crippen LogP contribution in [-0.4, -0.2) is 57.1 Å². The zero-order chi connectivity index (χ0) is 22.6. The smallest absolute Gasteiger partial charge is 0.257 e. The summed E-state index contributed by atoms with van der Waals surface area (Å²) < 4.78 is 5.81. The van der Waals surface area contributed by atoms with Crippen LogP contribution >= 0.6 is 11.3 Å². The molecule has 4 aromatic rings. The molecule has 0 spiro atoms. The zero-order valence-corrected chi connectivity index (χ0v) is 19.7. The number of rotatable bonds is 8. The lowest BCUT2D eigenvalue weighted by Gasteiger charge is -2.33. The van der Waals surface area contributed by atoms with Crippen LogP contribution in [0.25, 0.3) is 21.7 Å². The van der Waals surface area contributed by atoms with E-state index >= 15 is 0 Å². The van der Waals surface area contributed by atoms with Crippen molar-refractivity contribution in [3.8, 4) is 10.8 Å². The Morgan fingerprint density at radius 3 is 2.85 bits per heavy atom. The third-order valence-electron chi connectivity index (χ3n) is 6.38. The van der Waals surface area contributed by atoms with Gasteiger partial charge in [0.15, 0.2) is 0 Å². The molecule has 8 heteroatoms. The number of benzene rings is 1. The lowest BCUT2D eigenvalue weighted by atomic mass is 9.89. The number of hydrogen-bond acceptors (Lipinski definition) is 6. The second-order valence-corrected chi connectivity index (χ2v) is 9.58. The standard InChI is InChI=1S/C25H29N5O2S/c1-2-11-30(16-23-27-28-25(32-23)22-8-5-14-33-22)24(31)17-29-12-9-18(10-13-29)20-15-26-21-7-4-3-6-19(20)21/h3-8,14-15,18,26H,2,9-13,16-17H2,1H3. The van der Waals surface area contributed by atoms with Gasteiger partial charge in [-0.15, -0.1) is 21.5 Å². The average molecular weight is 464 g/mol. The van der Waals surface area contributed by atoms with Gasteiger partial charge in [-0.3, -0.25) is 9.69 Å². The Bertz CT molecular complexity index is 1190. The fourth-order valence-corrected chi connectivity index (χ4v) is 5.31. The van der Waals surface area contributed by atoms with E-state index in [-0.39, 0.29) is 5.91 Å². The number of nitrogens with one attached hydrogen (secondary N) is 1. The minimum atomic E-state index is 0.123. The summed E-state index contributed by atoms with van der Waals surface area (Å²) in [5, 5.41) is 11.6. The van der Waals surface area contributed by atoms with E-state index in [1.54, 1.807) is 11.3 Å². The normalized spacial score (nSPS) is 15.3. The van der Waals surface area contributed by atoms with Gasteiger partial charge in [0.05, 0.1) is 18.0 Å². The number of likely N-dealkylation sites (tertiary alicyclic amines) is 1. The third-order valence-corrected chi connectivity index (χ3v) is 7.24. The first-order valence-electron chi connectivity index (χ1n) is 11.6. The van der Waals surface area contributed by atoms with Crippen LogP contribution in [0.5, 0.6) is 0 Å². The van der Waals surface area contributed by atoms with Gasteiger partial charge in [-0.1, -0.05) is 31.2 Å². The number of hydrogen-bond donors (Lipinski definition) is 1. The number of fused-ring (bicyclic) bond motifs is 1. The molecule has 3 aromatic heterocycles. The third kappa shape index (κ3) is 4.86. The predicted molar refractivity (Wildman–Crippen MR) is 130 cm³/mol. The second kappa shape index (κ2) is 9.89. The first-order valence-corrected chi connectivity index (χ1v) is 12.5. The molecule has 0 saturated carbocycles.